The molecule has 0 saturated carbocycles. The summed E-state index contributed by atoms with van der Waals surface area (Å²) in [6.07, 6.45) is -4.50. The number of nitrogens with one attached hydrogen (secondary N) is 1. The zero-order valence-corrected chi connectivity index (χ0v) is 38.0. The number of pyridine rings is 1. The molecule has 6 rings (SSSR count). The first-order valence-electron chi connectivity index (χ1n) is 20.9. The largest absolute Gasteiger partial charge is 0.494 e. The number of hydrogen-bond acceptors (Lipinski definition) is 13. The summed E-state index contributed by atoms with van der Waals surface area (Å²) in [4.78, 5) is 42.6. The van der Waals surface area contributed by atoms with E-state index in [0.717, 1.165) is 52.8 Å². The van der Waals surface area contributed by atoms with Gasteiger partial charge in [0.2, 0.25) is 20.0 Å². The van der Waals surface area contributed by atoms with Crippen molar-refractivity contribution in [3.63, 3.8) is 0 Å². The van der Waals surface area contributed by atoms with Gasteiger partial charge in [0, 0.05) is 62.5 Å². The van der Waals surface area contributed by atoms with Gasteiger partial charge in [-0.25, -0.2) is 26.5 Å². The van der Waals surface area contributed by atoms with E-state index >= 15 is 0 Å². The van der Waals surface area contributed by atoms with Crippen LogP contribution >= 0.6 is 0 Å². The van der Waals surface area contributed by atoms with Crippen molar-refractivity contribution >= 4 is 43.0 Å². The molecule has 1 N–H and O–H groups in total. The number of benzene rings is 4. The molecule has 1 atom stereocenters. The predicted molar refractivity (Wildman–Crippen MR) is 240 cm³/mol. The van der Waals surface area contributed by atoms with Crippen LogP contribution in [0.1, 0.15) is 48.8 Å². The zero-order chi connectivity index (χ0) is 48.7. The second-order valence-electron chi connectivity index (χ2n) is 14.9. The predicted octanol–water partition coefficient (Wildman–Crippen LogP) is 7.29. The van der Waals surface area contributed by atoms with Crippen molar-refractivity contribution in [2.45, 2.75) is 55.7 Å². The lowest BCUT2D eigenvalue weighted by atomic mass is 10.0. The van der Waals surface area contributed by atoms with E-state index in [1.54, 1.807) is 50.2 Å². The molecule has 1 aromatic heterocycles. The number of rotatable bonds is 19. The number of hydrogen-bond donors (Lipinski definition) is 1. The molecule has 1 saturated heterocycles. The highest BCUT2D eigenvalue weighted by atomic mass is 32.2. The molecule has 18 nitrogen and oxygen atoms in total. The molecular formula is C44H46F3N7O11S2. The SMILES string of the molecule is CCOc1ccc(C(=O)N2CCN(c3ccc(-c4ccccc4OCC)nc3CN(CCNS(=O)(=O)c3ccccc3[N+](=O)[O-])S(=O)(=O)c3ccc([N+](=O)[O-])cc3)[C@H](CC)C2)c(C(F)(F)F)c1. The van der Waals surface area contributed by atoms with Crippen molar-refractivity contribution in [3.05, 3.63) is 140 Å². The molecule has 0 aliphatic carbocycles. The van der Waals surface area contributed by atoms with Crippen LogP contribution in [0, 0.1) is 20.2 Å². The van der Waals surface area contributed by atoms with Gasteiger partial charge in [-0.2, -0.15) is 17.5 Å². The second kappa shape index (κ2) is 20.9. The number of nitro groups is 2. The number of alkyl halides is 3. The Kier molecular flexibility index (Phi) is 15.5. The maximum Gasteiger partial charge on any atom is 0.417 e. The summed E-state index contributed by atoms with van der Waals surface area (Å²) in [5, 5.41) is 23.2. The Morgan fingerprint density at radius 1 is 0.866 bits per heavy atom. The number of amides is 1. The third kappa shape index (κ3) is 11.3. The molecule has 0 bridgehead atoms. The van der Waals surface area contributed by atoms with Gasteiger partial charge in [-0.05, 0) is 80.9 Å². The number of para-hydroxylation sites is 2. The van der Waals surface area contributed by atoms with Crippen LogP contribution in [0.3, 0.4) is 0 Å². The second-order valence-corrected chi connectivity index (χ2v) is 18.6. The van der Waals surface area contributed by atoms with Crippen molar-refractivity contribution < 1.29 is 54.1 Å². The maximum absolute atomic E-state index is 14.6. The molecule has 1 aliphatic rings. The third-order valence-electron chi connectivity index (χ3n) is 10.8. The minimum atomic E-state index is -4.87. The highest BCUT2D eigenvalue weighted by Crippen LogP contribution is 2.37. The van der Waals surface area contributed by atoms with Crippen molar-refractivity contribution in [1.82, 2.24) is 18.9 Å². The lowest BCUT2D eigenvalue weighted by molar-refractivity contribution is -0.387. The number of halogens is 3. The first kappa shape index (κ1) is 49.7. The summed E-state index contributed by atoms with van der Waals surface area (Å²) >= 11 is 0. The zero-order valence-electron chi connectivity index (χ0n) is 36.4. The lowest BCUT2D eigenvalue weighted by Crippen LogP contribution is -2.55. The van der Waals surface area contributed by atoms with Gasteiger partial charge in [-0.1, -0.05) is 31.2 Å². The number of sulfonamides is 2. The molecule has 4 aromatic carbocycles. The van der Waals surface area contributed by atoms with Crippen molar-refractivity contribution in [1.29, 1.82) is 0 Å². The van der Waals surface area contributed by atoms with E-state index in [1.807, 2.05) is 11.8 Å². The lowest BCUT2D eigenvalue weighted by Gasteiger charge is -2.43. The van der Waals surface area contributed by atoms with Crippen LogP contribution in [0.15, 0.2) is 113 Å². The molecule has 23 heteroatoms. The van der Waals surface area contributed by atoms with Gasteiger partial charge in [0.25, 0.3) is 17.3 Å². The quantitative estimate of drug-likeness (QED) is 0.0635. The summed E-state index contributed by atoms with van der Waals surface area (Å²) in [7, 11) is -9.24. The van der Waals surface area contributed by atoms with Crippen LogP contribution in [-0.2, 0) is 32.8 Å². The minimum absolute atomic E-state index is 0.0353. The fraction of sp³-hybridized carbons (Fsp3) is 0.318. The first-order valence-corrected chi connectivity index (χ1v) is 23.8. The van der Waals surface area contributed by atoms with E-state index in [2.05, 4.69) is 4.72 Å². The summed E-state index contributed by atoms with van der Waals surface area (Å²) in [5.74, 6) is -0.433. The number of carbonyl (C=O) groups excluding carboxylic acids is 1. The average molecular weight is 970 g/mol. The highest BCUT2D eigenvalue weighted by molar-refractivity contribution is 7.89. The fourth-order valence-electron chi connectivity index (χ4n) is 7.62. The van der Waals surface area contributed by atoms with E-state index in [9.17, 15) is 55.0 Å². The number of aromatic nitrogens is 1. The summed E-state index contributed by atoms with van der Waals surface area (Å²) < 4.78 is 113. The maximum atomic E-state index is 14.6. The molecule has 1 amide bonds. The number of nitrogens with zero attached hydrogens (tertiary/aromatic N) is 6. The van der Waals surface area contributed by atoms with Crippen molar-refractivity contribution in [2.24, 2.45) is 0 Å². The molecule has 1 fully saturated rings. The Labute approximate surface area is 384 Å². The van der Waals surface area contributed by atoms with Gasteiger partial charge >= 0.3 is 6.18 Å². The number of ether oxygens (including phenoxy) is 2. The van der Waals surface area contributed by atoms with Crippen LogP contribution in [0.25, 0.3) is 11.3 Å². The Morgan fingerprint density at radius 2 is 1.55 bits per heavy atom. The fourth-order valence-corrected chi connectivity index (χ4v) is 10.2. The van der Waals surface area contributed by atoms with E-state index in [-0.39, 0.29) is 42.6 Å². The van der Waals surface area contributed by atoms with Crippen molar-refractivity contribution in [3.8, 4) is 22.8 Å². The average Bonchev–Trinajstić information content (AvgIpc) is 3.30. The molecule has 1 aliphatic heterocycles. The van der Waals surface area contributed by atoms with Crippen LogP contribution in [0.4, 0.5) is 30.2 Å². The smallest absolute Gasteiger partial charge is 0.417 e. The monoisotopic (exact) mass is 969 g/mol. The van der Waals surface area contributed by atoms with Gasteiger partial charge in [0.15, 0.2) is 4.90 Å². The van der Waals surface area contributed by atoms with Gasteiger partial charge in [0.1, 0.15) is 11.5 Å². The Morgan fingerprint density at radius 3 is 2.21 bits per heavy atom. The Bertz CT molecular complexity index is 2850. The van der Waals surface area contributed by atoms with Crippen LogP contribution < -0.4 is 19.1 Å². The molecule has 2 heterocycles. The summed E-state index contributed by atoms with van der Waals surface area (Å²) in [6, 6.07) is 21.6. The van der Waals surface area contributed by atoms with Gasteiger partial charge in [-0.15, -0.1) is 0 Å². The molecule has 0 spiro atoms. The number of anilines is 1. The van der Waals surface area contributed by atoms with E-state index in [1.165, 1.54) is 23.1 Å². The number of carbonyl (C=O) groups is 1. The van der Waals surface area contributed by atoms with E-state index in [0.29, 0.717) is 35.7 Å². The topological polar surface area (TPSA) is 225 Å². The molecule has 67 heavy (non-hydrogen) atoms. The van der Waals surface area contributed by atoms with Crippen molar-refractivity contribution in [2.75, 3.05) is 50.8 Å². The summed E-state index contributed by atoms with van der Waals surface area (Å²) in [6.45, 7) is 3.90. The Balaban J connectivity index is 1.41. The Hall–Kier alpha value is -6.69. The van der Waals surface area contributed by atoms with Crippen LogP contribution in [0.5, 0.6) is 11.5 Å². The summed E-state index contributed by atoms with van der Waals surface area (Å²) in [5.41, 5.74) is -1.39. The molecule has 356 valence electrons. The number of piperazine rings is 1. The normalized spacial score (nSPS) is 14.5. The highest BCUT2D eigenvalue weighted by Gasteiger charge is 2.39. The molecule has 0 unspecified atom stereocenters. The molecular weight excluding hydrogens is 924 g/mol. The first-order chi connectivity index (χ1) is 31.8. The number of non-ortho nitro benzene ring substituents is 1. The minimum Gasteiger partial charge on any atom is -0.494 e. The van der Waals surface area contributed by atoms with E-state index < -0.39 is 95.0 Å². The van der Waals surface area contributed by atoms with Gasteiger partial charge < -0.3 is 19.3 Å². The van der Waals surface area contributed by atoms with E-state index in [4.69, 9.17) is 14.5 Å². The number of nitro benzene ring substituents is 2. The standard InChI is InChI=1S/C44H46F3N7O11S2/c1-4-30-28-50(43(55)34-20-17-32(64-5-2)27-36(34)44(45,46)47)25-26-52(30)39-22-21-37(35-11-7-9-13-41(35)65-6-3)49-38(39)29-51(67(62,63)33-18-15-31(16-19-33)53(56)57)24-23-48-66(60,61)42-14-10-8-12-40(42)54(58)59/h7-22,27,30,48H,4-6,23-26,28-29H2,1-3H3/t30-/m1/s1. The van der Waals surface area contributed by atoms with Gasteiger partial charge in [0.05, 0.1) is 62.7 Å². The third-order valence-corrected chi connectivity index (χ3v) is 14.2. The van der Waals surface area contributed by atoms with Gasteiger partial charge in [-0.3, -0.25) is 25.0 Å². The molecule has 5 aromatic rings. The van der Waals surface area contributed by atoms with Crippen LogP contribution in [0.2, 0.25) is 0 Å². The van der Waals surface area contributed by atoms with Crippen LogP contribution in [-0.4, -0.2) is 98.8 Å². The molecule has 0 radical (unpaired) electrons.